The molecule has 2 N–H and O–H groups in total. The van der Waals surface area contributed by atoms with Gasteiger partial charge in [0.1, 0.15) is 0 Å². The zero-order valence-electron chi connectivity index (χ0n) is 5.53. The molecule has 0 saturated carbocycles. The Kier molecular flexibility index (Phi) is 1.92. The zero-order valence-corrected chi connectivity index (χ0v) is 5.53. The molecule has 0 spiro atoms. The molecule has 1 heterocycles. The molecule has 0 aromatic heterocycles. The number of urea groups is 1. The van der Waals surface area contributed by atoms with Gasteiger partial charge in [-0.15, -0.1) is 0 Å². The Morgan fingerprint density at radius 3 is 2.55 bits per heavy atom. The van der Waals surface area contributed by atoms with Crippen molar-refractivity contribution >= 4 is 6.03 Å². The first kappa shape index (κ1) is 8.16. The lowest BCUT2D eigenvalue weighted by Gasteiger charge is -2.10. The van der Waals surface area contributed by atoms with Crippen LogP contribution in [0.2, 0.25) is 0 Å². The van der Waals surface area contributed by atoms with E-state index >= 15 is 0 Å². The maximum atomic E-state index is 11.7. The van der Waals surface area contributed by atoms with E-state index in [1.54, 1.807) is 0 Å². The van der Waals surface area contributed by atoms with E-state index in [-0.39, 0.29) is 6.54 Å². The predicted octanol–water partition coefficient (Wildman–Crippen LogP) is 0.620. The van der Waals surface area contributed by atoms with Crippen LogP contribution in [0, 0.1) is 0 Å². The van der Waals surface area contributed by atoms with Crippen LogP contribution < -0.4 is 10.6 Å². The summed E-state index contributed by atoms with van der Waals surface area (Å²) in [5, 5.41) is 4.38. The maximum absolute atomic E-state index is 11.7. The van der Waals surface area contributed by atoms with Crippen LogP contribution in [0.25, 0.3) is 0 Å². The molecule has 0 aliphatic carbocycles. The Labute approximate surface area is 61.0 Å². The van der Waals surface area contributed by atoms with Gasteiger partial charge in [-0.05, 0) is 0 Å². The molecule has 1 fully saturated rings. The fourth-order valence-corrected chi connectivity index (χ4v) is 0.906. The second-order valence-corrected chi connectivity index (χ2v) is 2.37. The summed E-state index contributed by atoms with van der Waals surface area (Å²) in [6, 6.07) is -1.33. The van der Waals surface area contributed by atoms with Crippen molar-refractivity contribution in [3.8, 4) is 0 Å². The summed E-state index contributed by atoms with van der Waals surface area (Å²) in [4.78, 5) is 10.3. The molecular weight excluding hydrogens is 161 g/mol. The van der Waals surface area contributed by atoms with Crippen LogP contribution in [0.15, 0.2) is 0 Å². The van der Waals surface area contributed by atoms with Gasteiger partial charge in [0.25, 0.3) is 0 Å². The van der Waals surface area contributed by atoms with Gasteiger partial charge in [0, 0.05) is 6.54 Å². The van der Waals surface area contributed by atoms with Gasteiger partial charge in [0.05, 0.1) is 12.5 Å². The van der Waals surface area contributed by atoms with E-state index in [9.17, 15) is 18.0 Å². The molecule has 1 unspecified atom stereocenters. The van der Waals surface area contributed by atoms with Crippen LogP contribution in [0.1, 0.15) is 6.42 Å². The number of alkyl halides is 3. The first-order chi connectivity index (χ1) is 4.97. The van der Waals surface area contributed by atoms with Crippen LogP contribution in [0.4, 0.5) is 18.0 Å². The molecule has 0 aromatic rings. The average Bonchev–Trinajstić information content (AvgIpc) is 2.10. The summed E-state index contributed by atoms with van der Waals surface area (Å²) in [6.45, 7) is 0.0539. The molecule has 3 nitrogen and oxygen atoms in total. The molecule has 1 rings (SSSR count). The first-order valence-electron chi connectivity index (χ1n) is 3.08. The molecule has 1 saturated heterocycles. The first-order valence-corrected chi connectivity index (χ1v) is 3.08. The molecule has 0 radical (unpaired) electrons. The molecule has 1 atom stereocenters. The summed E-state index contributed by atoms with van der Waals surface area (Å²) in [5.74, 6) is 0. The van der Waals surface area contributed by atoms with Gasteiger partial charge in [0.15, 0.2) is 0 Å². The highest BCUT2D eigenvalue weighted by molar-refractivity contribution is 5.76. The molecule has 64 valence electrons. The highest BCUT2D eigenvalue weighted by atomic mass is 19.4. The maximum Gasteiger partial charge on any atom is 0.391 e. The predicted molar refractivity (Wildman–Crippen MR) is 31.0 cm³/mol. The SMILES string of the molecule is O=C1NCC(CC(F)(F)F)N1. The Morgan fingerprint density at radius 2 is 2.18 bits per heavy atom. The topological polar surface area (TPSA) is 41.1 Å². The number of hydrogen-bond acceptors (Lipinski definition) is 1. The number of halogens is 3. The van der Waals surface area contributed by atoms with Crippen LogP contribution in [0.3, 0.4) is 0 Å². The van der Waals surface area contributed by atoms with Gasteiger partial charge in [-0.3, -0.25) is 0 Å². The third kappa shape index (κ3) is 2.65. The van der Waals surface area contributed by atoms with Gasteiger partial charge in [-0.2, -0.15) is 13.2 Å². The molecule has 0 aromatic carbocycles. The van der Waals surface area contributed by atoms with E-state index in [0.717, 1.165) is 0 Å². The number of amides is 2. The molecule has 1 aliphatic rings. The molecular formula is C5H7F3N2O. The van der Waals surface area contributed by atoms with Crippen molar-refractivity contribution in [1.29, 1.82) is 0 Å². The second-order valence-electron chi connectivity index (χ2n) is 2.37. The van der Waals surface area contributed by atoms with Crippen molar-refractivity contribution in [3.63, 3.8) is 0 Å². The summed E-state index contributed by atoms with van der Waals surface area (Å²) >= 11 is 0. The number of nitrogens with one attached hydrogen (secondary N) is 2. The normalized spacial score (nSPS) is 24.6. The van der Waals surface area contributed by atoms with E-state index in [1.165, 1.54) is 0 Å². The van der Waals surface area contributed by atoms with Crippen molar-refractivity contribution < 1.29 is 18.0 Å². The van der Waals surface area contributed by atoms with Crippen molar-refractivity contribution in [2.45, 2.75) is 18.6 Å². The smallest absolute Gasteiger partial charge is 0.336 e. The fraction of sp³-hybridized carbons (Fsp3) is 0.800. The molecule has 2 amide bonds. The van der Waals surface area contributed by atoms with Crippen LogP contribution in [-0.4, -0.2) is 24.8 Å². The monoisotopic (exact) mass is 168 g/mol. The van der Waals surface area contributed by atoms with Crippen molar-refractivity contribution in [2.75, 3.05) is 6.54 Å². The minimum atomic E-state index is -4.20. The highest BCUT2D eigenvalue weighted by Gasteiger charge is 2.34. The Morgan fingerprint density at radius 1 is 1.55 bits per heavy atom. The lowest BCUT2D eigenvalue weighted by molar-refractivity contribution is -0.138. The van der Waals surface area contributed by atoms with Gasteiger partial charge >= 0.3 is 12.2 Å². The highest BCUT2D eigenvalue weighted by Crippen LogP contribution is 2.21. The van der Waals surface area contributed by atoms with Crippen molar-refractivity contribution in [3.05, 3.63) is 0 Å². The number of carbonyl (C=O) groups excluding carboxylic acids is 1. The molecule has 0 bridgehead atoms. The summed E-state index contributed by atoms with van der Waals surface area (Å²) < 4.78 is 35.0. The van der Waals surface area contributed by atoms with E-state index in [0.29, 0.717) is 0 Å². The van der Waals surface area contributed by atoms with Gasteiger partial charge in [0.2, 0.25) is 0 Å². The van der Waals surface area contributed by atoms with Crippen LogP contribution in [-0.2, 0) is 0 Å². The van der Waals surface area contributed by atoms with Crippen molar-refractivity contribution in [1.82, 2.24) is 10.6 Å². The quantitative estimate of drug-likeness (QED) is 0.592. The third-order valence-corrected chi connectivity index (χ3v) is 1.32. The molecule has 6 heteroatoms. The Bertz CT molecular complexity index is 168. The molecule has 11 heavy (non-hydrogen) atoms. The largest absolute Gasteiger partial charge is 0.391 e. The van der Waals surface area contributed by atoms with Crippen LogP contribution in [0.5, 0.6) is 0 Å². The number of carbonyl (C=O) groups is 1. The minimum Gasteiger partial charge on any atom is -0.336 e. The Hall–Kier alpha value is -0.940. The number of rotatable bonds is 1. The van der Waals surface area contributed by atoms with E-state index in [4.69, 9.17) is 0 Å². The van der Waals surface area contributed by atoms with Gasteiger partial charge < -0.3 is 10.6 Å². The van der Waals surface area contributed by atoms with Crippen molar-refractivity contribution in [2.24, 2.45) is 0 Å². The third-order valence-electron chi connectivity index (χ3n) is 1.32. The number of hydrogen-bond donors (Lipinski definition) is 2. The fourth-order valence-electron chi connectivity index (χ4n) is 0.906. The minimum absolute atomic E-state index is 0.0539. The lowest BCUT2D eigenvalue weighted by Crippen LogP contribution is -2.31. The average molecular weight is 168 g/mol. The molecule has 1 aliphatic heterocycles. The van der Waals surface area contributed by atoms with E-state index < -0.39 is 24.7 Å². The summed E-state index contributed by atoms with van der Waals surface area (Å²) in [6.07, 6.45) is -5.17. The van der Waals surface area contributed by atoms with E-state index in [2.05, 4.69) is 10.6 Å². The van der Waals surface area contributed by atoms with Crippen LogP contribution >= 0.6 is 0 Å². The van der Waals surface area contributed by atoms with Gasteiger partial charge in [-0.1, -0.05) is 0 Å². The van der Waals surface area contributed by atoms with E-state index in [1.807, 2.05) is 0 Å². The zero-order chi connectivity index (χ0) is 8.48. The standard InChI is InChI=1S/C5H7F3N2O/c6-5(7,8)1-3-2-9-4(11)10-3/h3H,1-2H2,(H2,9,10,11). The second kappa shape index (κ2) is 2.60. The summed E-state index contributed by atoms with van der Waals surface area (Å²) in [7, 11) is 0. The van der Waals surface area contributed by atoms with Gasteiger partial charge in [-0.25, -0.2) is 4.79 Å². The summed E-state index contributed by atoms with van der Waals surface area (Å²) in [5.41, 5.74) is 0. The lowest BCUT2D eigenvalue weighted by atomic mass is 10.2. The Balaban J connectivity index is 2.34.